The van der Waals surface area contributed by atoms with Gasteiger partial charge in [-0.25, -0.2) is 0 Å². The van der Waals surface area contributed by atoms with Gasteiger partial charge < -0.3 is 9.88 Å². The van der Waals surface area contributed by atoms with Crippen molar-refractivity contribution in [2.45, 2.75) is 13.0 Å². The van der Waals surface area contributed by atoms with Gasteiger partial charge in [0.15, 0.2) is 0 Å². The Morgan fingerprint density at radius 2 is 2.17 bits per heavy atom. The Bertz CT molecular complexity index is 389. The van der Waals surface area contributed by atoms with Crippen molar-refractivity contribution in [3.05, 3.63) is 21.8 Å². The average molecular weight is 162 g/mol. The van der Waals surface area contributed by atoms with E-state index in [9.17, 15) is 0 Å². The highest BCUT2D eigenvalue weighted by Crippen LogP contribution is 2.09. The Balaban J connectivity index is 2.58. The maximum absolute atomic E-state index is 4.01. The van der Waals surface area contributed by atoms with Crippen LogP contribution in [0.5, 0.6) is 0 Å². The van der Waals surface area contributed by atoms with Gasteiger partial charge in [0.2, 0.25) is 0 Å². The van der Waals surface area contributed by atoms with E-state index in [-0.39, 0.29) is 0 Å². The molecule has 2 rings (SSSR count). The van der Waals surface area contributed by atoms with Crippen LogP contribution in [-0.4, -0.2) is 23.5 Å². The predicted octanol–water partition coefficient (Wildman–Crippen LogP) is -0.177. The first-order valence-corrected chi connectivity index (χ1v) is 4.24. The number of hydrogen-bond donors (Lipinski definition) is 1. The number of H-pyrrole nitrogens is 1. The van der Waals surface area contributed by atoms with E-state index in [4.69, 9.17) is 0 Å². The molecule has 12 heavy (non-hydrogen) atoms. The first kappa shape index (κ1) is 7.62. The predicted molar refractivity (Wildman–Crippen MR) is 51.1 cm³/mol. The van der Waals surface area contributed by atoms with Crippen molar-refractivity contribution >= 4 is 13.2 Å². The van der Waals surface area contributed by atoms with Gasteiger partial charge in [0, 0.05) is 30.6 Å². The van der Waals surface area contributed by atoms with Gasteiger partial charge in [-0.05, 0) is 17.8 Å². The second-order valence-corrected chi connectivity index (χ2v) is 3.53. The van der Waals surface area contributed by atoms with Crippen LogP contribution in [0.2, 0.25) is 0 Å². The summed E-state index contributed by atoms with van der Waals surface area (Å²) >= 11 is 0. The van der Waals surface area contributed by atoms with Gasteiger partial charge in [-0.1, -0.05) is 13.2 Å². The molecule has 1 aromatic rings. The Kier molecular flexibility index (Phi) is 1.58. The number of nitrogens with zero attached hydrogens (tertiary/aromatic N) is 1. The van der Waals surface area contributed by atoms with E-state index in [2.05, 4.69) is 30.1 Å². The molecule has 1 aliphatic heterocycles. The molecule has 2 nitrogen and oxygen atoms in total. The molecule has 0 saturated heterocycles. The molecular weight excluding hydrogens is 148 g/mol. The molecule has 0 atom stereocenters. The molecule has 0 fully saturated rings. The first-order chi connectivity index (χ1) is 5.68. The molecule has 2 heteroatoms. The minimum Gasteiger partial charge on any atom is -0.359 e. The zero-order valence-electron chi connectivity index (χ0n) is 7.48. The third kappa shape index (κ3) is 0.994. The number of aromatic nitrogens is 1. The SMILES string of the molecule is C=c1[nH]c2c(c1=C)CN(C)CC2. The first-order valence-electron chi connectivity index (χ1n) is 4.24. The Labute approximate surface area is 72.2 Å². The fraction of sp³-hybridized carbons (Fsp3) is 0.400. The van der Waals surface area contributed by atoms with Gasteiger partial charge in [-0.2, -0.15) is 0 Å². The molecule has 0 spiro atoms. The van der Waals surface area contributed by atoms with Crippen LogP contribution in [-0.2, 0) is 13.0 Å². The summed E-state index contributed by atoms with van der Waals surface area (Å²) in [6.45, 7) is 10.1. The van der Waals surface area contributed by atoms with E-state index in [0.717, 1.165) is 30.1 Å². The topological polar surface area (TPSA) is 19.0 Å². The van der Waals surface area contributed by atoms with Crippen LogP contribution in [0, 0.1) is 0 Å². The average Bonchev–Trinajstić information content (AvgIpc) is 2.31. The van der Waals surface area contributed by atoms with E-state index in [0.29, 0.717) is 0 Å². The van der Waals surface area contributed by atoms with Crippen molar-refractivity contribution < 1.29 is 0 Å². The molecule has 0 aromatic carbocycles. The van der Waals surface area contributed by atoms with E-state index in [1.165, 1.54) is 11.3 Å². The molecule has 0 amide bonds. The molecule has 0 bridgehead atoms. The van der Waals surface area contributed by atoms with Gasteiger partial charge >= 0.3 is 0 Å². The van der Waals surface area contributed by atoms with Crippen LogP contribution in [0.3, 0.4) is 0 Å². The summed E-state index contributed by atoms with van der Waals surface area (Å²) in [6.07, 6.45) is 1.10. The van der Waals surface area contributed by atoms with Gasteiger partial charge in [0.25, 0.3) is 0 Å². The highest BCUT2D eigenvalue weighted by molar-refractivity contribution is 5.29. The van der Waals surface area contributed by atoms with Crippen LogP contribution >= 0.6 is 0 Å². The number of likely N-dealkylation sites (N-methyl/N-ethyl adjacent to an activating group) is 1. The fourth-order valence-corrected chi connectivity index (χ4v) is 1.75. The third-order valence-electron chi connectivity index (χ3n) is 2.57. The van der Waals surface area contributed by atoms with Crippen LogP contribution in [0.1, 0.15) is 11.3 Å². The largest absolute Gasteiger partial charge is 0.359 e. The lowest BCUT2D eigenvalue weighted by molar-refractivity contribution is 0.311. The highest BCUT2D eigenvalue weighted by Gasteiger charge is 2.14. The van der Waals surface area contributed by atoms with Crippen LogP contribution in [0.25, 0.3) is 13.2 Å². The summed E-state index contributed by atoms with van der Waals surface area (Å²) in [5, 5.41) is 2.08. The molecular formula is C10H14N2. The zero-order chi connectivity index (χ0) is 8.72. The molecule has 1 aliphatic rings. The number of hydrogen-bond acceptors (Lipinski definition) is 1. The van der Waals surface area contributed by atoms with Crippen molar-refractivity contribution in [2.24, 2.45) is 0 Å². The van der Waals surface area contributed by atoms with Crippen molar-refractivity contribution in [2.75, 3.05) is 13.6 Å². The molecule has 1 aromatic heterocycles. The fourth-order valence-electron chi connectivity index (χ4n) is 1.75. The minimum atomic E-state index is 0.982. The minimum absolute atomic E-state index is 0.982. The van der Waals surface area contributed by atoms with E-state index in [1.807, 2.05) is 0 Å². The summed E-state index contributed by atoms with van der Waals surface area (Å²) in [6, 6.07) is 0. The van der Waals surface area contributed by atoms with Gasteiger partial charge in [-0.15, -0.1) is 0 Å². The lowest BCUT2D eigenvalue weighted by Gasteiger charge is -2.21. The van der Waals surface area contributed by atoms with E-state index >= 15 is 0 Å². The summed E-state index contributed by atoms with van der Waals surface area (Å²) in [5.41, 5.74) is 2.69. The van der Waals surface area contributed by atoms with E-state index < -0.39 is 0 Å². The molecule has 2 heterocycles. The van der Waals surface area contributed by atoms with Gasteiger partial charge in [0.1, 0.15) is 0 Å². The second kappa shape index (κ2) is 2.49. The number of nitrogens with one attached hydrogen (secondary N) is 1. The number of aromatic amines is 1. The monoisotopic (exact) mass is 162 g/mol. The van der Waals surface area contributed by atoms with Gasteiger partial charge in [0.05, 0.1) is 0 Å². The van der Waals surface area contributed by atoms with E-state index in [1.54, 1.807) is 0 Å². The van der Waals surface area contributed by atoms with Crippen molar-refractivity contribution in [3.63, 3.8) is 0 Å². The summed E-state index contributed by atoms with van der Waals surface area (Å²) < 4.78 is 0. The Morgan fingerprint density at radius 1 is 1.42 bits per heavy atom. The quantitative estimate of drug-likeness (QED) is 0.561. The summed E-state index contributed by atoms with van der Waals surface area (Å²) in [4.78, 5) is 5.59. The maximum atomic E-state index is 4.01. The third-order valence-corrected chi connectivity index (χ3v) is 2.57. The summed E-state index contributed by atoms with van der Waals surface area (Å²) in [7, 11) is 2.14. The Morgan fingerprint density at radius 3 is 2.92 bits per heavy atom. The van der Waals surface area contributed by atoms with Gasteiger partial charge in [-0.3, -0.25) is 0 Å². The molecule has 64 valence electrons. The standard InChI is InChI=1S/C10H14N2/c1-7-8(2)11-10-4-5-12(3)6-9(7)10/h11H,1-2,4-6H2,3H3. The van der Waals surface area contributed by atoms with Crippen LogP contribution in [0.15, 0.2) is 0 Å². The molecule has 0 aliphatic carbocycles. The molecule has 0 unspecified atom stereocenters. The number of rotatable bonds is 0. The summed E-state index contributed by atoms with van der Waals surface area (Å²) in [5.74, 6) is 0. The van der Waals surface area contributed by atoms with Crippen molar-refractivity contribution in [3.8, 4) is 0 Å². The van der Waals surface area contributed by atoms with Crippen LogP contribution in [0.4, 0.5) is 0 Å². The van der Waals surface area contributed by atoms with Crippen molar-refractivity contribution in [1.29, 1.82) is 0 Å². The normalized spacial score (nSPS) is 17.8. The second-order valence-electron chi connectivity index (χ2n) is 3.53. The smallest absolute Gasteiger partial charge is 0.0380 e. The molecule has 1 N–H and O–H groups in total. The zero-order valence-corrected chi connectivity index (χ0v) is 7.48. The molecule has 0 radical (unpaired) electrons. The van der Waals surface area contributed by atoms with Crippen molar-refractivity contribution in [1.82, 2.24) is 9.88 Å². The van der Waals surface area contributed by atoms with Crippen LogP contribution < -0.4 is 10.6 Å². The highest BCUT2D eigenvalue weighted by atomic mass is 15.1. The molecule has 0 saturated carbocycles. The Hall–Kier alpha value is -1.02. The number of fused-ring (bicyclic) bond motifs is 1. The lowest BCUT2D eigenvalue weighted by Crippen LogP contribution is -2.30. The maximum Gasteiger partial charge on any atom is 0.0380 e. The lowest BCUT2D eigenvalue weighted by atomic mass is 10.1.